The van der Waals surface area contributed by atoms with Gasteiger partial charge in [-0.2, -0.15) is 0 Å². The van der Waals surface area contributed by atoms with Crippen molar-refractivity contribution in [1.29, 1.82) is 0 Å². The molecule has 0 saturated carbocycles. The molecule has 0 N–H and O–H groups in total. The first-order valence-corrected chi connectivity index (χ1v) is 18.3. The van der Waals surface area contributed by atoms with Crippen molar-refractivity contribution in [1.82, 2.24) is 0 Å². The molecule has 2 aliphatic rings. The Bertz CT molecular complexity index is 1120. The Morgan fingerprint density at radius 1 is 0.639 bits per heavy atom. The van der Waals surface area contributed by atoms with Crippen LogP contribution in [0.5, 0.6) is 0 Å². The van der Waals surface area contributed by atoms with E-state index in [0.717, 1.165) is 0 Å². The van der Waals surface area contributed by atoms with Crippen LogP contribution in [0.4, 0.5) is 0 Å². The Labute approximate surface area is 222 Å². The summed E-state index contributed by atoms with van der Waals surface area (Å²) in [4.78, 5) is 0. The van der Waals surface area contributed by atoms with E-state index in [4.69, 9.17) is 0 Å². The van der Waals surface area contributed by atoms with Crippen LogP contribution >= 0.6 is 0 Å². The quantitative estimate of drug-likeness (QED) is 0.251. The van der Waals surface area contributed by atoms with Crippen molar-refractivity contribution < 1.29 is 16.6 Å². The van der Waals surface area contributed by atoms with Gasteiger partial charge in [0.25, 0.3) is 0 Å². The fourth-order valence-electron chi connectivity index (χ4n) is 8.07. The molecule has 3 aromatic rings. The molecule has 2 aliphatic carbocycles. The third-order valence-electron chi connectivity index (χ3n) is 9.39. The van der Waals surface area contributed by atoms with Crippen molar-refractivity contribution in [2.45, 2.75) is 77.2 Å². The normalized spacial score (nSPS) is 20.1. The molecule has 0 heterocycles. The molecule has 1 heteroatoms. The summed E-state index contributed by atoms with van der Waals surface area (Å²) < 4.78 is 4.12. The molecule has 0 aliphatic heterocycles. The second kappa shape index (κ2) is 11.1. The zero-order chi connectivity index (χ0) is 25.0. The molecule has 1 unspecified atom stereocenters. The molecular weight excluding hydrogens is 468 g/mol. The molecule has 5 rings (SSSR count). The molecule has 36 heavy (non-hydrogen) atoms. The van der Waals surface area contributed by atoms with Crippen LogP contribution in [-0.2, 0) is 30.8 Å². The van der Waals surface area contributed by atoms with Crippen LogP contribution in [0, 0.1) is 0 Å². The molecule has 0 saturated heterocycles. The Morgan fingerprint density at radius 3 is 1.50 bits per heavy atom. The SMILES string of the molecule is CCC1=C(C)[C](CC)([Ti]([CH2]c2ccccc2)([CH2]c2ccccc2)[CH2]c2ccccc2)C2=C1CCCC2. The molecule has 0 bridgehead atoms. The standard InChI is InChI=1S/C14H21.3C7H7.Ti/c1-4-11-10(3)12(5-2)14-9-7-6-8-13(11)14;3*1-7-5-3-2-4-6-7;/h4-9H2,1-3H3;3*2-6H,1H2;. The van der Waals surface area contributed by atoms with E-state index < -0.39 is 16.6 Å². The third-order valence-corrected chi connectivity index (χ3v) is 18.9. The first-order valence-electron chi connectivity index (χ1n) is 14.2. The van der Waals surface area contributed by atoms with Gasteiger partial charge in [-0.1, -0.05) is 0 Å². The van der Waals surface area contributed by atoms with E-state index in [1.807, 2.05) is 5.57 Å². The van der Waals surface area contributed by atoms with Gasteiger partial charge in [-0.25, -0.2) is 0 Å². The van der Waals surface area contributed by atoms with Crippen LogP contribution in [0.2, 0.25) is 3.72 Å². The summed E-state index contributed by atoms with van der Waals surface area (Å²) in [6.07, 6.45) is 7.80. The van der Waals surface area contributed by atoms with Gasteiger partial charge >= 0.3 is 224 Å². The Kier molecular flexibility index (Phi) is 7.85. The average Bonchev–Trinajstić information content (AvgIpc) is 3.18. The Hall–Kier alpha value is -2.15. The van der Waals surface area contributed by atoms with Crippen molar-refractivity contribution in [3.05, 3.63) is 130 Å². The summed E-state index contributed by atoms with van der Waals surface area (Å²) in [5.41, 5.74) is 11.8. The second-order valence-corrected chi connectivity index (χ2v) is 18.1. The van der Waals surface area contributed by atoms with Gasteiger partial charge in [-0.3, -0.25) is 0 Å². The average molecular weight is 511 g/mol. The minimum absolute atomic E-state index is 0.280. The number of hydrogen-bond acceptors (Lipinski definition) is 0. The number of allylic oxidation sites excluding steroid dienone is 4. The second-order valence-electron chi connectivity index (χ2n) is 11.1. The monoisotopic (exact) mass is 510 g/mol. The number of benzene rings is 3. The van der Waals surface area contributed by atoms with E-state index in [1.54, 1.807) is 33.4 Å². The van der Waals surface area contributed by atoms with Crippen molar-refractivity contribution in [3.63, 3.8) is 0 Å². The topological polar surface area (TPSA) is 0 Å². The van der Waals surface area contributed by atoms with Gasteiger partial charge in [0.05, 0.1) is 0 Å². The van der Waals surface area contributed by atoms with Crippen molar-refractivity contribution in [2.24, 2.45) is 0 Å². The predicted molar refractivity (Wildman–Crippen MR) is 152 cm³/mol. The van der Waals surface area contributed by atoms with E-state index in [-0.39, 0.29) is 3.72 Å². The molecule has 1 atom stereocenters. The van der Waals surface area contributed by atoms with E-state index in [9.17, 15) is 0 Å². The molecule has 0 aromatic heterocycles. The Morgan fingerprint density at radius 2 is 1.08 bits per heavy atom. The third kappa shape index (κ3) is 4.53. The molecule has 0 fully saturated rings. The minimum atomic E-state index is -2.83. The van der Waals surface area contributed by atoms with Crippen LogP contribution in [-0.4, -0.2) is 0 Å². The number of rotatable bonds is 9. The molecule has 0 nitrogen and oxygen atoms in total. The van der Waals surface area contributed by atoms with Gasteiger partial charge in [0.2, 0.25) is 0 Å². The van der Waals surface area contributed by atoms with Crippen LogP contribution in [0.15, 0.2) is 113 Å². The first kappa shape index (κ1) is 25.5. The van der Waals surface area contributed by atoms with Gasteiger partial charge in [-0.05, 0) is 0 Å². The van der Waals surface area contributed by atoms with Crippen molar-refractivity contribution in [3.8, 4) is 0 Å². The zero-order valence-corrected chi connectivity index (χ0v) is 24.1. The first-order chi connectivity index (χ1) is 17.6. The fourth-order valence-corrected chi connectivity index (χ4v) is 18.9. The van der Waals surface area contributed by atoms with E-state index in [2.05, 4.69) is 112 Å². The van der Waals surface area contributed by atoms with Gasteiger partial charge in [0.15, 0.2) is 0 Å². The summed E-state index contributed by atoms with van der Waals surface area (Å²) in [5.74, 6) is 0. The fraction of sp³-hybridized carbons (Fsp3) is 0.371. The zero-order valence-electron chi connectivity index (χ0n) is 22.5. The van der Waals surface area contributed by atoms with E-state index >= 15 is 0 Å². The number of hydrogen-bond donors (Lipinski definition) is 0. The summed E-state index contributed by atoms with van der Waals surface area (Å²) in [6.45, 7) is 7.49. The summed E-state index contributed by atoms with van der Waals surface area (Å²) in [6, 6.07) is 34.5. The predicted octanol–water partition coefficient (Wildman–Crippen LogP) is 9.92. The van der Waals surface area contributed by atoms with Gasteiger partial charge in [-0.15, -0.1) is 0 Å². The molecule has 186 valence electrons. The molecular formula is C35H42Ti. The van der Waals surface area contributed by atoms with Crippen LogP contribution < -0.4 is 0 Å². The summed E-state index contributed by atoms with van der Waals surface area (Å²) >= 11 is -2.83. The molecule has 0 amide bonds. The summed E-state index contributed by atoms with van der Waals surface area (Å²) in [7, 11) is 0. The maximum atomic E-state index is 2.56. The molecule has 0 spiro atoms. The Balaban J connectivity index is 1.79. The van der Waals surface area contributed by atoms with Crippen molar-refractivity contribution >= 4 is 0 Å². The van der Waals surface area contributed by atoms with Crippen LogP contribution in [0.1, 0.15) is 76.0 Å². The van der Waals surface area contributed by atoms with E-state index in [1.165, 1.54) is 52.7 Å². The molecule has 0 radical (unpaired) electrons. The van der Waals surface area contributed by atoms with Crippen LogP contribution in [0.25, 0.3) is 0 Å². The van der Waals surface area contributed by atoms with Crippen LogP contribution in [0.3, 0.4) is 0 Å². The maximum absolute atomic E-state index is 2.83. The van der Waals surface area contributed by atoms with E-state index in [0.29, 0.717) is 0 Å². The van der Waals surface area contributed by atoms with Crippen molar-refractivity contribution in [2.75, 3.05) is 0 Å². The van der Waals surface area contributed by atoms with Gasteiger partial charge < -0.3 is 0 Å². The van der Waals surface area contributed by atoms with Gasteiger partial charge in [0, 0.05) is 0 Å². The molecule has 3 aromatic carbocycles. The van der Waals surface area contributed by atoms with Gasteiger partial charge in [0.1, 0.15) is 0 Å². The summed E-state index contributed by atoms with van der Waals surface area (Å²) in [5, 5.41) is 0.